The SMILES string of the molecule is c1ccc(-c2ccccc2C2c3ccccc3C3(c4ccccc4-c4cc5c6ccccc6n(-c6nc(-c7ccc8ccccc8c7)c7ccccc7n6)c5cc43)c3ccccc32)cc1. The molecule has 2 heterocycles. The zero-order valence-electron chi connectivity index (χ0n) is 35.4. The van der Waals surface area contributed by atoms with Crippen LogP contribution in [0.5, 0.6) is 0 Å². The average Bonchev–Trinajstić information content (AvgIpc) is 3.85. The summed E-state index contributed by atoms with van der Waals surface area (Å²) in [5.41, 5.74) is 18.7. The molecule has 10 aromatic carbocycles. The Morgan fingerprint density at radius 3 is 1.77 bits per heavy atom. The molecule has 65 heavy (non-hydrogen) atoms. The van der Waals surface area contributed by atoms with Crippen molar-refractivity contribution < 1.29 is 0 Å². The molecule has 3 heteroatoms. The second-order valence-electron chi connectivity index (χ2n) is 17.6. The van der Waals surface area contributed by atoms with Gasteiger partial charge in [0.1, 0.15) is 0 Å². The Hall–Kier alpha value is -8.40. The summed E-state index contributed by atoms with van der Waals surface area (Å²) in [7, 11) is 0. The molecule has 2 aromatic heterocycles. The predicted molar refractivity (Wildman–Crippen MR) is 267 cm³/mol. The Morgan fingerprint density at radius 2 is 0.969 bits per heavy atom. The molecule has 0 radical (unpaired) electrons. The van der Waals surface area contributed by atoms with Crippen molar-refractivity contribution in [2.45, 2.75) is 11.3 Å². The van der Waals surface area contributed by atoms with Crippen LogP contribution in [0.1, 0.15) is 44.9 Å². The van der Waals surface area contributed by atoms with Gasteiger partial charge in [0.15, 0.2) is 0 Å². The molecule has 2 aliphatic carbocycles. The van der Waals surface area contributed by atoms with Gasteiger partial charge in [-0.1, -0.05) is 200 Å². The van der Waals surface area contributed by atoms with Crippen LogP contribution in [-0.4, -0.2) is 14.5 Å². The summed E-state index contributed by atoms with van der Waals surface area (Å²) >= 11 is 0. The van der Waals surface area contributed by atoms with Crippen molar-refractivity contribution in [1.29, 1.82) is 0 Å². The van der Waals surface area contributed by atoms with E-state index in [0.29, 0.717) is 5.95 Å². The van der Waals surface area contributed by atoms with Crippen molar-refractivity contribution in [2.75, 3.05) is 0 Å². The monoisotopic (exact) mass is 825 g/mol. The van der Waals surface area contributed by atoms with Gasteiger partial charge in [-0.05, 0) is 102 Å². The van der Waals surface area contributed by atoms with Gasteiger partial charge in [0.05, 0.1) is 27.7 Å². The minimum atomic E-state index is -0.590. The summed E-state index contributed by atoms with van der Waals surface area (Å²) in [6.45, 7) is 0. The van der Waals surface area contributed by atoms with Crippen LogP contribution >= 0.6 is 0 Å². The highest BCUT2D eigenvalue weighted by Crippen LogP contribution is 2.63. The number of rotatable bonds is 4. The van der Waals surface area contributed by atoms with Gasteiger partial charge in [-0.3, -0.25) is 4.57 Å². The number of benzene rings is 10. The molecule has 0 amide bonds. The van der Waals surface area contributed by atoms with Gasteiger partial charge in [-0.25, -0.2) is 9.97 Å². The molecule has 0 N–H and O–H groups in total. The third-order valence-electron chi connectivity index (χ3n) is 14.4. The standard InChI is InChI=1S/C62H39N3/c1-2-19-40(20-3-1)43-22-6-7-25-46(43)59-47-26-9-14-30-53(47)62(54-31-15-10-27-48(54)59)52-29-13-8-23-44(52)50-37-51-45-24-12-17-33-57(45)65(58(51)38-55(50)62)61-63-56-32-16-11-28-49(56)60(64-61)42-35-34-39-18-4-5-21-41(39)36-42/h1-38,59H. The van der Waals surface area contributed by atoms with Gasteiger partial charge in [0.25, 0.3) is 0 Å². The lowest BCUT2D eigenvalue weighted by Crippen LogP contribution is -2.36. The molecule has 0 fully saturated rings. The lowest BCUT2D eigenvalue weighted by atomic mass is 9.58. The highest BCUT2D eigenvalue weighted by molar-refractivity contribution is 6.12. The first-order valence-electron chi connectivity index (χ1n) is 22.5. The van der Waals surface area contributed by atoms with Crippen LogP contribution < -0.4 is 0 Å². The van der Waals surface area contributed by atoms with Gasteiger partial charge >= 0.3 is 0 Å². The Morgan fingerprint density at radius 1 is 0.354 bits per heavy atom. The maximum absolute atomic E-state index is 5.56. The molecule has 2 aliphatic rings. The fourth-order valence-corrected chi connectivity index (χ4v) is 11.7. The summed E-state index contributed by atoms with van der Waals surface area (Å²) in [6, 6.07) is 84.8. The van der Waals surface area contributed by atoms with Crippen LogP contribution in [0.15, 0.2) is 231 Å². The van der Waals surface area contributed by atoms with Crippen LogP contribution in [0.4, 0.5) is 0 Å². The summed E-state index contributed by atoms with van der Waals surface area (Å²) in [4.78, 5) is 11.0. The van der Waals surface area contributed by atoms with Crippen molar-refractivity contribution in [3.8, 4) is 39.5 Å². The molecule has 3 nitrogen and oxygen atoms in total. The van der Waals surface area contributed by atoms with Gasteiger partial charge in [-0.15, -0.1) is 0 Å². The van der Waals surface area contributed by atoms with Gasteiger partial charge in [0.2, 0.25) is 5.95 Å². The molecule has 0 unspecified atom stereocenters. The topological polar surface area (TPSA) is 30.7 Å². The molecule has 1 spiro atoms. The zero-order chi connectivity index (χ0) is 42.6. The third-order valence-corrected chi connectivity index (χ3v) is 14.4. The maximum atomic E-state index is 5.56. The van der Waals surface area contributed by atoms with Crippen LogP contribution in [0.25, 0.3) is 82.9 Å². The fraction of sp³-hybridized carbons (Fsp3) is 0.0323. The first-order valence-corrected chi connectivity index (χ1v) is 22.5. The van der Waals surface area contributed by atoms with Crippen LogP contribution in [-0.2, 0) is 5.41 Å². The molecule has 12 aromatic rings. The Labute approximate surface area is 376 Å². The minimum Gasteiger partial charge on any atom is -0.278 e. The van der Waals surface area contributed by atoms with Gasteiger partial charge in [0, 0.05) is 27.6 Å². The van der Waals surface area contributed by atoms with E-state index in [4.69, 9.17) is 9.97 Å². The molecule has 0 saturated carbocycles. The van der Waals surface area contributed by atoms with E-state index < -0.39 is 5.41 Å². The van der Waals surface area contributed by atoms with Crippen molar-refractivity contribution in [3.05, 3.63) is 269 Å². The molecular formula is C62H39N3. The Kier molecular flexibility index (Phi) is 7.67. The first-order chi connectivity index (χ1) is 32.3. The molecule has 0 saturated heterocycles. The van der Waals surface area contributed by atoms with Gasteiger partial charge < -0.3 is 0 Å². The number of hydrogen-bond donors (Lipinski definition) is 0. The quantitative estimate of drug-likeness (QED) is 0.177. The summed E-state index contributed by atoms with van der Waals surface area (Å²) in [5.74, 6) is 0.681. The summed E-state index contributed by atoms with van der Waals surface area (Å²) < 4.78 is 2.32. The van der Waals surface area contributed by atoms with Crippen molar-refractivity contribution in [1.82, 2.24) is 14.5 Å². The van der Waals surface area contributed by atoms with Crippen LogP contribution in [0.2, 0.25) is 0 Å². The third kappa shape index (κ3) is 5.06. The Balaban J connectivity index is 1.07. The van der Waals surface area contributed by atoms with Crippen molar-refractivity contribution >= 4 is 43.5 Å². The zero-order valence-corrected chi connectivity index (χ0v) is 35.4. The normalized spacial score (nSPS) is 15.9. The molecular weight excluding hydrogens is 787 g/mol. The Bertz CT molecular complexity index is 3870. The van der Waals surface area contributed by atoms with E-state index in [1.807, 2.05) is 0 Å². The van der Waals surface area contributed by atoms with E-state index in [2.05, 4.69) is 235 Å². The summed E-state index contributed by atoms with van der Waals surface area (Å²) in [6.07, 6.45) is 0. The molecule has 0 bridgehead atoms. The summed E-state index contributed by atoms with van der Waals surface area (Å²) in [5, 5.41) is 5.78. The second-order valence-corrected chi connectivity index (χ2v) is 17.6. The number of para-hydroxylation sites is 2. The number of aromatic nitrogens is 3. The lowest BCUT2D eigenvalue weighted by Gasteiger charge is -2.43. The number of fused-ring (bicyclic) bond motifs is 14. The number of nitrogens with zero attached hydrogens (tertiary/aromatic N) is 3. The second kappa shape index (κ2) is 13.8. The number of hydrogen-bond acceptors (Lipinski definition) is 2. The maximum Gasteiger partial charge on any atom is 0.235 e. The van der Waals surface area contributed by atoms with Crippen molar-refractivity contribution in [3.63, 3.8) is 0 Å². The molecule has 302 valence electrons. The molecule has 14 rings (SSSR count). The molecule has 0 aliphatic heterocycles. The minimum absolute atomic E-state index is 0.0235. The van der Waals surface area contributed by atoms with Crippen LogP contribution in [0.3, 0.4) is 0 Å². The van der Waals surface area contributed by atoms with Crippen LogP contribution in [0, 0.1) is 0 Å². The van der Waals surface area contributed by atoms with Crippen molar-refractivity contribution in [2.24, 2.45) is 0 Å². The van der Waals surface area contributed by atoms with E-state index in [1.165, 1.54) is 82.7 Å². The first kappa shape index (κ1) is 36.1. The van der Waals surface area contributed by atoms with E-state index in [-0.39, 0.29) is 5.92 Å². The smallest absolute Gasteiger partial charge is 0.235 e. The largest absolute Gasteiger partial charge is 0.278 e. The van der Waals surface area contributed by atoms with E-state index >= 15 is 0 Å². The predicted octanol–water partition coefficient (Wildman–Crippen LogP) is 15.1. The fourth-order valence-electron chi connectivity index (χ4n) is 11.7. The lowest BCUT2D eigenvalue weighted by molar-refractivity contribution is 0.698. The van der Waals surface area contributed by atoms with E-state index in [1.54, 1.807) is 0 Å². The highest BCUT2D eigenvalue weighted by atomic mass is 15.2. The van der Waals surface area contributed by atoms with Gasteiger partial charge in [-0.2, -0.15) is 0 Å². The van der Waals surface area contributed by atoms with E-state index in [0.717, 1.165) is 33.2 Å². The highest BCUT2D eigenvalue weighted by Gasteiger charge is 2.52. The molecule has 0 atom stereocenters. The average molecular weight is 826 g/mol. The van der Waals surface area contributed by atoms with E-state index in [9.17, 15) is 0 Å².